The number of nitrogens with zero attached hydrogens (tertiary/aromatic N) is 3. The number of likely N-dealkylation sites (tertiary alicyclic amines) is 1. The number of carbonyl (C=O) groups excluding carboxylic acids is 1. The normalized spacial score (nSPS) is 17.6. The second kappa shape index (κ2) is 5.98. The minimum atomic E-state index is -0.306. The van der Waals surface area contributed by atoms with Gasteiger partial charge >= 0.3 is 0 Å². The molecule has 1 fully saturated rings. The number of carbonyl (C=O) groups is 1. The summed E-state index contributed by atoms with van der Waals surface area (Å²) in [5.41, 5.74) is 2.11. The number of hydrogen-bond acceptors (Lipinski definition) is 4. The molecule has 4 rings (SSSR count). The number of halogens is 1. The monoisotopic (exact) mass is 342 g/mol. The minimum Gasteiger partial charge on any atom is -0.356 e. The summed E-state index contributed by atoms with van der Waals surface area (Å²) >= 11 is 0. The number of fused-ring (bicyclic) bond motifs is 1. The maximum Gasteiger partial charge on any atom is 0.249 e. The fourth-order valence-electron chi connectivity index (χ4n) is 3.62. The fourth-order valence-corrected chi connectivity index (χ4v) is 3.62. The highest BCUT2D eigenvalue weighted by atomic mass is 19.1. The van der Waals surface area contributed by atoms with Crippen molar-refractivity contribution in [1.29, 1.82) is 0 Å². The van der Waals surface area contributed by atoms with Gasteiger partial charge in [0.15, 0.2) is 5.82 Å². The van der Waals surface area contributed by atoms with Crippen LogP contribution < -0.4 is 0 Å². The number of hydrogen-bond donors (Lipinski definition) is 1. The van der Waals surface area contributed by atoms with Gasteiger partial charge in [-0.2, -0.15) is 4.98 Å². The molecule has 1 amide bonds. The first kappa shape index (κ1) is 15.8. The quantitative estimate of drug-likeness (QED) is 0.793. The Bertz CT molecular complexity index is 946. The molecule has 1 saturated heterocycles. The Morgan fingerprint density at radius 3 is 3.04 bits per heavy atom. The van der Waals surface area contributed by atoms with Crippen molar-refractivity contribution in [3.8, 4) is 0 Å². The third kappa shape index (κ3) is 2.69. The van der Waals surface area contributed by atoms with E-state index in [1.807, 2.05) is 13.0 Å². The number of amides is 1. The van der Waals surface area contributed by atoms with Gasteiger partial charge in [0.2, 0.25) is 11.8 Å². The molecule has 3 heterocycles. The molecule has 1 unspecified atom stereocenters. The van der Waals surface area contributed by atoms with Crippen LogP contribution in [0.1, 0.15) is 41.9 Å². The molecule has 3 aromatic rings. The van der Waals surface area contributed by atoms with E-state index < -0.39 is 0 Å². The number of aromatic amines is 1. The summed E-state index contributed by atoms with van der Waals surface area (Å²) in [4.78, 5) is 22.0. The van der Waals surface area contributed by atoms with Gasteiger partial charge in [-0.3, -0.25) is 4.79 Å². The number of H-pyrrole nitrogens is 1. The van der Waals surface area contributed by atoms with E-state index in [2.05, 4.69) is 15.1 Å². The van der Waals surface area contributed by atoms with Crippen LogP contribution in [-0.4, -0.2) is 32.5 Å². The van der Waals surface area contributed by atoms with Crippen LogP contribution in [0, 0.1) is 19.7 Å². The van der Waals surface area contributed by atoms with Gasteiger partial charge in [-0.15, -0.1) is 0 Å². The van der Waals surface area contributed by atoms with Crippen LogP contribution in [0.15, 0.2) is 22.7 Å². The van der Waals surface area contributed by atoms with Crippen LogP contribution >= 0.6 is 0 Å². The third-order valence-corrected chi connectivity index (χ3v) is 4.83. The van der Waals surface area contributed by atoms with E-state index in [-0.39, 0.29) is 24.2 Å². The molecule has 1 atom stereocenters. The molecule has 0 radical (unpaired) electrons. The molecule has 1 aliphatic heterocycles. The Hall–Kier alpha value is -2.70. The lowest BCUT2D eigenvalue weighted by Gasteiger charge is -2.22. The summed E-state index contributed by atoms with van der Waals surface area (Å²) < 4.78 is 19.2. The van der Waals surface area contributed by atoms with Crippen molar-refractivity contribution in [3.63, 3.8) is 0 Å². The Kier molecular flexibility index (Phi) is 3.78. The molecule has 0 spiro atoms. The van der Waals surface area contributed by atoms with Crippen molar-refractivity contribution in [2.24, 2.45) is 0 Å². The second-order valence-corrected chi connectivity index (χ2v) is 6.49. The molecule has 25 heavy (non-hydrogen) atoms. The first-order valence-electron chi connectivity index (χ1n) is 8.40. The van der Waals surface area contributed by atoms with E-state index in [4.69, 9.17) is 4.52 Å². The molecular formula is C18H19FN4O2. The summed E-state index contributed by atoms with van der Waals surface area (Å²) in [5, 5.41) is 4.58. The van der Waals surface area contributed by atoms with Gasteiger partial charge in [-0.25, -0.2) is 4.39 Å². The van der Waals surface area contributed by atoms with E-state index in [9.17, 15) is 9.18 Å². The molecular weight excluding hydrogens is 323 g/mol. The molecule has 1 N–H and O–H groups in total. The first-order chi connectivity index (χ1) is 12.0. The highest BCUT2D eigenvalue weighted by Crippen LogP contribution is 2.32. The van der Waals surface area contributed by atoms with Crippen molar-refractivity contribution < 1.29 is 13.7 Å². The summed E-state index contributed by atoms with van der Waals surface area (Å²) in [6.07, 6.45) is 1.94. The minimum absolute atomic E-state index is 0.00776. The van der Waals surface area contributed by atoms with E-state index >= 15 is 0 Å². The van der Waals surface area contributed by atoms with Crippen LogP contribution in [0.25, 0.3) is 10.9 Å². The number of nitrogens with one attached hydrogen (secondary N) is 1. The molecule has 2 aromatic heterocycles. The highest BCUT2D eigenvalue weighted by Gasteiger charge is 2.34. The summed E-state index contributed by atoms with van der Waals surface area (Å²) in [6, 6.07) is 4.75. The zero-order valence-corrected chi connectivity index (χ0v) is 14.2. The number of rotatable bonds is 3. The van der Waals surface area contributed by atoms with Crippen LogP contribution in [0.3, 0.4) is 0 Å². The number of aryl methyl sites for hydroxylation is 2. The zero-order chi connectivity index (χ0) is 17.6. The number of aromatic nitrogens is 3. The Morgan fingerprint density at radius 2 is 2.28 bits per heavy atom. The average Bonchev–Trinajstić information content (AvgIpc) is 3.28. The fraction of sp³-hybridized carbons (Fsp3) is 0.389. The summed E-state index contributed by atoms with van der Waals surface area (Å²) in [7, 11) is 0. The van der Waals surface area contributed by atoms with Gasteiger partial charge in [0.25, 0.3) is 0 Å². The van der Waals surface area contributed by atoms with Crippen molar-refractivity contribution in [2.75, 3.05) is 6.54 Å². The van der Waals surface area contributed by atoms with Crippen molar-refractivity contribution in [2.45, 2.75) is 39.2 Å². The smallest absolute Gasteiger partial charge is 0.249 e. The van der Waals surface area contributed by atoms with Crippen LogP contribution in [0.4, 0.5) is 4.39 Å². The topological polar surface area (TPSA) is 75.0 Å². The lowest BCUT2D eigenvalue weighted by molar-refractivity contribution is -0.131. The molecule has 130 valence electrons. The molecule has 0 bridgehead atoms. The van der Waals surface area contributed by atoms with Gasteiger partial charge in [0, 0.05) is 17.6 Å². The van der Waals surface area contributed by atoms with Crippen LogP contribution in [0.2, 0.25) is 0 Å². The maximum absolute atomic E-state index is 13.9. The van der Waals surface area contributed by atoms with Crippen molar-refractivity contribution in [3.05, 3.63) is 47.0 Å². The van der Waals surface area contributed by atoms with Gasteiger partial charge < -0.3 is 14.4 Å². The van der Waals surface area contributed by atoms with Gasteiger partial charge in [-0.05, 0) is 38.3 Å². The first-order valence-corrected chi connectivity index (χ1v) is 8.40. The molecule has 1 aromatic carbocycles. The molecule has 0 aliphatic carbocycles. The van der Waals surface area contributed by atoms with E-state index in [1.165, 1.54) is 6.07 Å². The van der Waals surface area contributed by atoms with Gasteiger partial charge in [0.1, 0.15) is 11.9 Å². The van der Waals surface area contributed by atoms with E-state index in [0.29, 0.717) is 23.8 Å². The molecule has 1 aliphatic rings. The lowest BCUT2D eigenvalue weighted by atomic mass is 10.1. The summed E-state index contributed by atoms with van der Waals surface area (Å²) in [6.45, 7) is 4.30. The summed E-state index contributed by atoms with van der Waals surface area (Å²) in [5.74, 6) is 0.744. The van der Waals surface area contributed by atoms with Crippen LogP contribution in [0.5, 0.6) is 0 Å². The van der Waals surface area contributed by atoms with Gasteiger partial charge in [0.05, 0.1) is 11.9 Å². The third-order valence-electron chi connectivity index (χ3n) is 4.83. The Morgan fingerprint density at radius 1 is 1.44 bits per heavy atom. The molecule has 6 nitrogen and oxygen atoms in total. The largest absolute Gasteiger partial charge is 0.356 e. The lowest BCUT2D eigenvalue weighted by Crippen LogP contribution is -2.32. The van der Waals surface area contributed by atoms with Gasteiger partial charge in [-0.1, -0.05) is 17.3 Å². The number of para-hydroxylation sites is 1. The van der Waals surface area contributed by atoms with Crippen molar-refractivity contribution in [1.82, 2.24) is 20.0 Å². The predicted octanol–water partition coefficient (Wildman–Crippen LogP) is 3.21. The zero-order valence-electron chi connectivity index (χ0n) is 14.2. The molecule has 0 saturated carbocycles. The second-order valence-electron chi connectivity index (χ2n) is 6.49. The standard InChI is InChI=1S/C18H19FN4O2/c1-10-13(12-5-3-6-14(19)17(12)20-10)9-16(24)23-8-4-7-15(23)18-21-11(2)22-25-18/h3,5-6,15,20H,4,7-9H2,1-2H3. The Balaban J connectivity index is 1.62. The maximum atomic E-state index is 13.9. The Labute approximate surface area is 144 Å². The average molecular weight is 342 g/mol. The predicted molar refractivity (Wildman–Crippen MR) is 89.4 cm³/mol. The molecule has 7 heteroatoms. The highest BCUT2D eigenvalue weighted by molar-refractivity contribution is 5.90. The SMILES string of the molecule is Cc1noc(C2CCCN2C(=O)Cc2c(C)[nH]c3c(F)cccc23)n1. The number of benzene rings is 1. The van der Waals surface area contributed by atoms with E-state index in [0.717, 1.165) is 29.5 Å². The van der Waals surface area contributed by atoms with Crippen molar-refractivity contribution >= 4 is 16.8 Å². The van der Waals surface area contributed by atoms with Crippen LogP contribution in [-0.2, 0) is 11.2 Å². The van der Waals surface area contributed by atoms with E-state index in [1.54, 1.807) is 17.9 Å².